The molecule has 0 aliphatic carbocycles. The quantitative estimate of drug-likeness (QED) is 0.502. The first kappa shape index (κ1) is 21.6. The fourth-order valence-electron chi connectivity index (χ4n) is 3.39. The molecule has 0 atom stereocenters. The maximum Gasteiger partial charge on any atom is 0.244 e. The number of piperazine rings is 1. The van der Waals surface area contributed by atoms with Crippen LogP contribution in [-0.4, -0.2) is 43.9 Å². The van der Waals surface area contributed by atoms with Crippen LogP contribution in [0.2, 0.25) is 10.0 Å². The predicted molar refractivity (Wildman–Crippen MR) is 124 cm³/mol. The van der Waals surface area contributed by atoms with Gasteiger partial charge in [0.2, 0.25) is 10.0 Å². The van der Waals surface area contributed by atoms with Gasteiger partial charge in [0.1, 0.15) is 4.90 Å². The van der Waals surface area contributed by atoms with E-state index in [1.54, 1.807) is 17.4 Å². The fraction of sp³-hybridized carbons (Fsp3) is 0.286. The molecule has 0 radical (unpaired) electrons. The number of halogens is 2. The molecular weight excluding hydrogens is 461 g/mol. The second kappa shape index (κ2) is 8.85. The van der Waals surface area contributed by atoms with Crippen molar-refractivity contribution in [1.82, 2.24) is 9.29 Å². The molecule has 2 aromatic carbocycles. The van der Waals surface area contributed by atoms with Crippen LogP contribution in [-0.2, 0) is 16.4 Å². The Labute approximate surface area is 190 Å². The molecule has 0 N–H and O–H groups in total. The summed E-state index contributed by atoms with van der Waals surface area (Å²) >= 11 is 13.7. The Bertz CT molecular complexity index is 1140. The molecule has 30 heavy (non-hydrogen) atoms. The Morgan fingerprint density at radius 2 is 1.73 bits per heavy atom. The maximum absolute atomic E-state index is 13.0. The zero-order valence-corrected chi connectivity index (χ0v) is 19.5. The Morgan fingerprint density at radius 1 is 1.03 bits per heavy atom. The van der Waals surface area contributed by atoms with Crippen LogP contribution in [0, 0.1) is 0 Å². The van der Waals surface area contributed by atoms with Gasteiger partial charge in [-0.05, 0) is 30.2 Å². The molecule has 2 heterocycles. The molecule has 4 rings (SSSR count). The number of rotatable bonds is 5. The van der Waals surface area contributed by atoms with Gasteiger partial charge >= 0.3 is 0 Å². The normalized spacial score (nSPS) is 15.5. The van der Waals surface area contributed by atoms with Crippen LogP contribution in [0.4, 0.5) is 5.13 Å². The number of benzene rings is 2. The monoisotopic (exact) mass is 481 g/mol. The highest BCUT2D eigenvalue weighted by atomic mass is 35.5. The highest BCUT2D eigenvalue weighted by Crippen LogP contribution is 2.31. The molecule has 1 aromatic heterocycles. The Balaban J connectivity index is 1.46. The van der Waals surface area contributed by atoms with E-state index in [2.05, 4.69) is 36.1 Å². The molecule has 9 heteroatoms. The average molecular weight is 482 g/mol. The van der Waals surface area contributed by atoms with Crippen LogP contribution in [0.25, 0.3) is 11.3 Å². The molecule has 1 aliphatic heterocycles. The van der Waals surface area contributed by atoms with Gasteiger partial charge in [-0.25, -0.2) is 13.4 Å². The van der Waals surface area contributed by atoms with E-state index < -0.39 is 10.0 Å². The van der Waals surface area contributed by atoms with Gasteiger partial charge in [0.25, 0.3) is 0 Å². The first-order chi connectivity index (χ1) is 14.4. The van der Waals surface area contributed by atoms with Gasteiger partial charge in [-0.2, -0.15) is 4.31 Å². The Hall–Kier alpha value is -1.64. The summed E-state index contributed by atoms with van der Waals surface area (Å²) in [4.78, 5) is 6.95. The summed E-state index contributed by atoms with van der Waals surface area (Å²) < 4.78 is 27.4. The number of sulfonamides is 1. The molecule has 0 saturated carbocycles. The molecule has 0 unspecified atom stereocenters. The minimum atomic E-state index is -3.69. The van der Waals surface area contributed by atoms with Crippen molar-refractivity contribution in [2.75, 3.05) is 31.1 Å². The molecule has 1 saturated heterocycles. The van der Waals surface area contributed by atoms with Crippen LogP contribution in [0.5, 0.6) is 0 Å². The van der Waals surface area contributed by atoms with E-state index >= 15 is 0 Å². The third kappa shape index (κ3) is 4.36. The second-order valence-corrected chi connectivity index (χ2v) is 10.6. The first-order valence-corrected chi connectivity index (χ1v) is 12.7. The summed E-state index contributed by atoms with van der Waals surface area (Å²) in [5.41, 5.74) is 3.33. The SMILES string of the molecule is CCc1ccc(-c2csc(N3CCN(S(=O)(=O)c4cc(Cl)ccc4Cl)CC3)n2)cc1. The number of aryl methyl sites for hydroxylation is 1. The van der Waals surface area contributed by atoms with Crippen LogP contribution in [0.1, 0.15) is 12.5 Å². The first-order valence-electron chi connectivity index (χ1n) is 9.63. The van der Waals surface area contributed by atoms with Crippen molar-refractivity contribution in [3.8, 4) is 11.3 Å². The van der Waals surface area contributed by atoms with Gasteiger partial charge < -0.3 is 4.90 Å². The van der Waals surface area contributed by atoms with Crippen molar-refractivity contribution in [2.24, 2.45) is 0 Å². The number of hydrogen-bond acceptors (Lipinski definition) is 5. The van der Waals surface area contributed by atoms with Crippen LogP contribution < -0.4 is 4.90 Å². The fourth-order valence-corrected chi connectivity index (χ4v) is 6.43. The van der Waals surface area contributed by atoms with E-state index in [0.717, 1.165) is 22.8 Å². The van der Waals surface area contributed by atoms with Crippen molar-refractivity contribution >= 4 is 49.7 Å². The largest absolute Gasteiger partial charge is 0.345 e. The van der Waals surface area contributed by atoms with Gasteiger partial charge in [0, 0.05) is 42.1 Å². The zero-order valence-electron chi connectivity index (χ0n) is 16.4. The van der Waals surface area contributed by atoms with Crippen LogP contribution in [0.15, 0.2) is 52.7 Å². The van der Waals surface area contributed by atoms with Gasteiger partial charge in [0.05, 0.1) is 10.7 Å². The highest BCUT2D eigenvalue weighted by molar-refractivity contribution is 7.89. The van der Waals surface area contributed by atoms with Gasteiger partial charge in [0.15, 0.2) is 5.13 Å². The van der Waals surface area contributed by atoms with Crippen molar-refractivity contribution < 1.29 is 8.42 Å². The van der Waals surface area contributed by atoms with E-state index in [-0.39, 0.29) is 9.92 Å². The lowest BCUT2D eigenvalue weighted by Crippen LogP contribution is -2.48. The smallest absolute Gasteiger partial charge is 0.244 e. The lowest BCUT2D eigenvalue weighted by Gasteiger charge is -2.34. The van der Waals surface area contributed by atoms with Crippen LogP contribution in [0.3, 0.4) is 0 Å². The third-order valence-electron chi connectivity index (χ3n) is 5.17. The van der Waals surface area contributed by atoms with Crippen molar-refractivity contribution in [1.29, 1.82) is 0 Å². The van der Waals surface area contributed by atoms with E-state index in [4.69, 9.17) is 28.2 Å². The van der Waals surface area contributed by atoms with Gasteiger partial charge in [-0.15, -0.1) is 11.3 Å². The molecule has 5 nitrogen and oxygen atoms in total. The number of nitrogens with zero attached hydrogens (tertiary/aromatic N) is 3. The topological polar surface area (TPSA) is 53.5 Å². The third-order valence-corrected chi connectivity index (χ3v) is 8.69. The molecule has 1 aliphatic rings. The molecule has 1 fully saturated rings. The summed E-state index contributed by atoms with van der Waals surface area (Å²) in [7, 11) is -3.69. The van der Waals surface area contributed by atoms with E-state index in [0.29, 0.717) is 31.2 Å². The lowest BCUT2D eigenvalue weighted by atomic mass is 10.1. The molecule has 158 valence electrons. The number of hydrogen-bond donors (Lipinski definition) is 0. The molecule has 3 aromatic rings. The van der Waals surface area contributed by atoms with Crippen molar-refractivity contribution in [3.05, 3.63) is 63.5 Å². The number of thiazole rings is 1. The zero-order chi connectivity index (χ0) is 21.3. The summed E-state index contributed by atoms with van der Waals surface area (Å²) in [6.45, 7) is 4.00. The molecule has 0 spiro atoms. The van der Waals surface area contributed by atoms with Gasteiger partial charge in [-0.1, -0.05) is 54.4 Å². The molecule has 0 bridgehead atoms. The van der Waals surface area contributed by atoms with E-state index in [1.807, 2.05) is 5.38 Å². The number of anilines is 1. The standard InChI is InChI=1S/C21H21Cl2N3O2S2/c1-2-15-3-5-16(6-4-15)19-14-29-21(24-19)25-9-11-26(12-10-25)30(27,28)20-13-17(22)7-8-18(20)23/h3-8,13-14H,2,9-12H2,1H3. The van der Waals surface area contributed by atoms with E-state index in [9.17, 15) is 8.42 Å². The maximum atomic E-state index is 13.0. The van der Waals surface area contributed by atoms with Gasteiger partial charge in [-0.3, -0.25) is 0 Å². The predicted octanol–water partition coefficient (Wildman–Crippen LogP) is 5.19. The number of aromatic nitrogens is 1. The van der Waals surface area contributed by atoms with E-state index in [1.165, 1.54) is 22.0 Å². The highest BCUT2D eigenvalue weighted by Gasteiger charge is 2.31. The van der Waals surface area contributed by atoms with Crippen molar-refractivity contribution in [2.45, 2.75) is 18.2 Å². The van der Waals surface area contributed by atoms with Crippen molar-refractivity contribution in [3.63, 3.8) is 0 Å². The minimum absolute atomic E-state index is 0.0529. The summed E-state index contributed by atoms with van der Waals surface area (Å²) in [6.07, 6.45) is 1.01. The molecule has 0 amide bonds. The summed E-state index contributed by atoms with van der Waals surface area (Å²) in [5.74, 6) is 0. The molecular formula is C21H21Cl2N3O2S2. The lowest BCUT2D eigenvalue weighted by molar-refractivity contribution is 0.385. The summed E-state index contributed by atoms with van der Waals surface area (Å²) in [5, 5.41) is 3.48. The van der Waals surface area contributed by atoms with Crippen LogP contribution >= 0.6 is 34.5 Å². The Kier molecular flexibility index (Phi) is 6.36. The average Bonchev–Trinajstić information content (AvgIpc) is 3.26. The summed E-state index contributed by atoms with van der Waals surface area (Å²) in [6, 6.07) is 12.9. The second-order valence-electron chi connectivity index (χ2n) is 7.03. The Morgan fingerprint density at radius 3 is 2.40 bits per heavy atom. The minimum Gasteiger partial charge on any atom is -0.345 e.